The van der Waals surface area contributed by atoms with Crippen LogP contribution in [-0.2, 0) is 9.53 Å². The number of methoxy groups -OCH3 is 1. The minimum atomic E-state index is -1.04. The molecule has 0 atom stereocenters. The number of carboxylic acids is 1. The van der Waals surface area contributed by atoms with Gasteiger partial charge in [0, 0.05) is 5.02 Å². The summed E-state index contributed by atoms with van der Waals surface area (Å²) in [5, 5.41) is 9.20. The zero-order valence-corrected chi connectivity index (χ0v) is 9.44. The van der Waals surface area contributed by atoms with Crippen LogP contribution in [0.1, 0.15) is 5.56 Å². The molecule has 1 aromatic rings. The molecule has 0 heterocycles. The predicted molar refractivity (Wildman–Crippen MR) is 63.2 cm³/mol. The third-order valence-corrected chi connectivity index (χ3v) is 2.06. The molecular formula is C12H11ClO3. The summed E-state index contributed by atoms with van der Waals surface area (Å²) in [7, 11) is 1.42. The molecule has 0 aromatic heterocycles. The molecule has 0 aliphatic rings. The van der Waals surface area contributed by atoms with Crippen LogP contribution in [0.4, 0.5) is 0 Å². The highest BCUT2D eigenvalue weighted by Crippen LogP contribution is 2.11. The smallest absolute Gasteiger partial charge is 0.332 e. The van der Waals surface area contributed by atoms with E-state index in [9.17, 15) is 4.79 Å². The molecule has 0 spiro atoms. The van der Waals surface area contributed by atoms with Crippen LogP contribution < -0.4 is 0 Å². The third-order valence-electron chi connectivity index (χ3n) is 1.81. The van der Waals surface area contributed by atoms with Gasteiger partial charge in [-0.05, 0) is 23.8 Å². The van der Waals surface area contributed by atoms with Gasteiger partial charge in [-0.25, -0.2) is 4.79 Å². The number of allylic oxidation sites excluding steroid dienone is 1. The van der Waals surface area contributed by atoms with Crippen molar-refractivity contribution in [3.05, 3.63) is 52.8 Å². The van der Waals surface area contributed by atoms with Gasteiger partial charge < -0.3 is 9.84 Å². The predicted octanol–water partition coefficient (Wildman–Crippen LogP) is 2.97. The van der Waals surface area contributed by atoms with E-state index in [1.165, 1.54) is 7.11 Å². The van der Waals surface area contributed by atoms with Crippen molar-refractivity contribution in [1.29, 1.82) is 0 Å². The second kappa shape index (κ2) is 5.98. The Kier molecular flexibility index (Phi) is 4.61. The number of hydrogen-bond acceptors (Lipinski definition) is 2. The Hall–Kier alpha value is -1.74. The number of carboxylic acid groups (broad SMARTS) is 1. The quantitative estimate of drug-likeness (QED) is 0.498. The van der Waals surface area contributed by atoms with Crippen LogP contribution in [0, 0.1) is 0 Å². The summed E-state index contributed by atoms with van der Waals surface area (Å²) in [6, 6.07) is 7.17. The minimum absolute atomic E-state index is 0.280. The van der Waals surface area contributed by atoms with Crippen molar-refractivity contribution in [3.8, 4) is 0 Å². The Morgan fingerprint density at radius 2 is 2.00 bits per heavy atom. The summed E-state index contributed by atoms with van der Waals surface area (Å²) in [6.45, 7) is 0. The third kappa shape index (κ3) is 4.19. The molecule has 0 aliphatic heterocycles. The summed E-state index contributed by atoms with van der Waals surface area (Å²) in [4.78, 5) is 10.4. The fourth-order valence-corrected chi connectivity index (χ4v) is 1.18. The van der Waals surface area contributed by atoms with Crippen molar-refractivity contribution in [2.24, 2.45) is 0 Å². The molecule has 1 rings (SSSR count). The molecule has 1 N–H and O–H groups in total. The first-order chi connectivity index (χ1) is 7.61. The largest absolute Gasteiger partial charge is 0.496 e. The van der Waals surface area contributed by atoms with Crippen LogP contribution in [0.15, 0.2) is 42.2 Å². The van der Waals surface area contributed by atoms with Gasteiger partial charge in [0.05, 0.1) is 13.2 Å². The zero-order chi connectivity index (χ0) is 12.0. The first-order valence-corrected chi connectivity index (χ1v) is 4.92. The lowest BCUT2D eigenvalue weighted by molar-refractivity contribution is -0.131. The maximum atomic E-state index is 10.4. The van der Waals surface area contributed by atoms with E-state index in [-0.39, 0.29) is 5.76 Å². The Labute approximate surface area is 98.6 Å². The molecule has 0 bridgehead atoms. The summed E-state index contributed by atoms with van der Waals surface area (Å²) in [5.41, 5.74) is 0.915. The standard InChI is InChI=1S/C12H11ClO3/c1-16-11(8-12(14)15)7-4-9-2-5-10(13)6-3-9/h2-8H,1H3,(H,14,15). The van der Waals surface area contributed by atoms with Crippen LogP contribution in [0.25, 0.3) is 6.08 Å². The SMILES string of the molecule is COC(C=Cc1ccc(Cl)cc1)=CC(=O)O. The Balaban J connectivity index is 2.79. The van der Waals surface area contributed by atoms with Crippen molar-refractivity contribution in [3.63, 3.8) is 0 Å². The maximum absolute atomic E-state index is 10.4. The summed E-state index contributed by atoms with van der Waals surface area (Å²) in [5.74, 6) is -0.764. The molecule has 84 valence electrons. The molecule has 0 unspecified atom stereocenters. The molecule has 0 radical (unpaired) electrons. The molecule has 0 saturated heterocycles. The average Bonchev–Trinajstić information content (AvgIpc) is 2.26. The second-order valence-electron chi connectivity index (χ2n) is 2.97. The van der Waals surface area contributed by atoms with Crippen molar-refractivity contribution in [1.82, 2.24) is 0 Å². The molecule has 0 saturated carbocycles. The molecule has 16 heavy (non-hydrogen) atoms. The number of ether oxygens (including phenoxy) is 1. The van der Waals surface area contributed by atoms with Gasteiger partial charge in [0.25, 0.3) is 0 Å². The summed E-state index contributed by atoms with van der Waals surface area (Å²) < 4.78 is 4.87. The Morgan fingerprint density at radius 3 is 2.50 bits per heavy atom. The molecule has 3 nitrogen and oxygen atoms in total. The van der Waals surface area contributed by atoms with Crippen molar-refractivity contribution in [2.45, 2.75) is 0 Å². The van der Waals surface area contributed by atoms with Crippen LogP contribution in [0.2, 0.25) is 5.02 Å². The van der Waals surface area contributed by atoms with Gasteiger partial charge in [-0.2, -0.15) is 0 Å². The highest BCUT2D eigenvalue weighted by molar-refractivity contribution is 6.30. The first kappa shape index (κ1) is 12.3. The van der Waals surface area contributed by atoms with E-state index < -0.39 is 5.97 Å². The number of benzene rings is 1. The molecular weight excluding hydrogens is 228 g/mol. The van der Waals surface area contributed by atoms with Gasteiger partial charge in [-0.1, -0.05) is 29.8 Å². The molecule has 4 heteroatoms. The van der Waals surface area contributed by atoms with Gasteiger partial charge in [0.15, 0.2) is 0 Å². The van der Waals surface area contributed by atoms with Gasteiger partial charge in [-0.3, -0.25) is 0 Å². The van der Waals surface area contributed by atoms with Crippen LogP contribution in [0.5, 0.6) is 0 Å². The fourth-order valence-electron chi connectivity index (χ4n) is 1.05. The number of aliphatic carboxylic acids is 1. The highest BCUT2D eigenvalue weighted by Gasteiger charge is 1.95. The Morgan fingerprint density at radius 1 is 1.38 bits per heavy atom. The molecule has 0 aliphatic carbocycles. The number of halogens is 1. The first-order valence-electron chi connectivity index (χ1n) is 4.54. The van der Waals surface area contributed by atoms with Crippen LogP contribution in [0.3, 0.4) is 0 Å². The van der Waals surface area contributed by atoms with Gasteiger partial charge in [-0.15, -0.1) is 0 Å². The van der Waals surface area contributed by atoms with E-state index >= 15 is 0 Å². The second-order valence-corrected chi connectivity index (χ2v) is 3.41. The average molecular weight is 239 g/mol. The molecule has 0 fully saturated rings. The normalized spacial score (nSPS) is 11.8. The van der Waals surface area contributed by atoms with E-state index in [1.807, 2.05) is 12.1 Å². The van der Waals surface area contributed by atoms with Crippen molar-refractivity contribution >= 4 is 23.6 Å². The van der Waals surface area contributed by atoms with E-state index in [4.69, 9.17) is 21.4 Å². The van der Waals surface area contributed by atoms with E-state index in [1.54, 1.807) is 24.3 Å². The van der Waals surface area contributed by atoms with Crippen LogP contribution >= 0.6 is 11.6 Å². The van der Waals surface area contributed by atoms with Crippen molar-refractivity contribution in [2.75, 3.05) is 7.11 Å². The lowest BCUT2D eigenvalue weighted by Crippen LogP contribution is -1.92. The van der Waals surface area contributed by atoms with Gasteiger partial charge in [0.1, 0.15) is 5.76 Å². The highest BCUT2D eigenvalue weighted by atomic mass is 35.5. The molecule has 0 amide bonds. The summed E-state index contributed by atoms with van der Waals surface area (Å²) >= 11 is 5.73. The molecule has 1 aromatic carbocycles. The van der Waals surface area contributed by atoms with Gasteiger partial charge in [0.2, 0.25) is 0 Å². The lowest BCUT2D eigenvalue weighted by atomic mass is 10.2. The lowest BCUT2D eigenvalue weighted by Gasteiger charge is -1.98. The van der Waals surface area contributed by atoms with Crippen molar-refractivity contribution < 1.29 is 14.6 Å². The topological polar surface area (TPSA) is 46.5 Å². The number of hydrogen-bond donors (Lipinski definition) is 1. The zero-order valence-electron chi connectivity index (χ0n) is 8.68. The monoisotopic (exact) mass is 238 g/mol. The number of rotatable bonds is 4. The Bertz CT molecular complexity index is 418. The van der Waals surface area contributed by atoms with E-state index in [2.05, 4.69) is 0 Å². The maximum Gasteiger partial charge on any atom is 0.332 e. The number of carbonyl (C=O) groups is 1. The van der Waals surface area contributed by atoms with E-state index in [0.717, 1.165) is 11.6 Å². The van der Waals surface area contributed by atoms with E-state index in [0.29, 0.717) is 5.02 Å². The minimum Gasteiger partial charge on any atom is -0.496 e. The fraction of sp³-hybridized carbons (Fsp3) is 0.0833. The van der Waals surface area contributed by atoms with Crippen LogP contribution in [-0.4, -0.2) is 18.2 Å². The summed E-state index contributed by atoms with van der Waals surface area (Å²) in [6.07, 6.45) is 4.32. The van der Waals surface area contributed by atoms with Gasteiger partial charge >= 0.3 is 5.97 Å².